The number of nitrogens with zero attached hydrogens (tertiary/aromatic N) is 3. The molecule has 3 rings (SSSR count). The smallest absolute Gasteiger partial charge is 0.356 e. The van der Waals surface area contributed by atoms with E-state index < -0.39 is 18.2 Å². The minimum atomic E-state index is -1.21. The molecular formula is C15H13N3O5. The summed E-state index contributed by atoms with van der Waals surface area (Å²) in [4.78, 5) is 31.2. The molecule has 0 fully saturated rings. The highest BCUT2D eigenvalue weighted by Crippen LogP contribution is 2.24. The van der Waals surface area contributed by atoms with Crippen LogP contribution in [0.25, 0.3) is 16.9 Å². The van der Waals surface area contributed by atoms with Gasteiger partial charge in [-0.3, -0.25) is 9.55 Å². The Labute approximate surface area is 130 Å². The summed E-state index contributed by atoms with van der Waals surface area (Å²) < 4.78 is 11.7. The number of ether oxygens (including phenoxy) is 2. The van der Waals surface area contributed by atoms with Gasteiger partial charge in [0.05, 0.1) is 0 Å². The quantitative estimate of drug-likeness (QED) is 0.518. The van der Waals surface area contributed by atoms with Crippen molar-refractivity contribution in [3.8, 4) is 0 Å². The fourth-order valence-corrected chi connectivity index (χ4v) is 2.13. The SMILES string of the molecule is CC1=C(C)C(O/C=C(/C(=O)O)n2ccc3nccnc32)OC1=O. The molecule has 3 heterocycles. The third kappa shape index (κ3) is 2.54. The molecule has 1 aliphatic rings. The van der Waals surface area contributed by atoms with Gasteiger partial charge in [-0.15, -0.1) is 0 Å². The molecule has 0 amide bonds. The molecule has 8 heteroatoms. The van der Waals surface area contributed by atoms with Gasteiger partial charge in [-0.1, -0.05) is 0 Å². The van der Waals surface area contributed by atoms with Crippen molar-refractivity contribution in [2.24, 2.45) is 0 Å². The zero-order valence-corrected chi connectivity index (χ0v) is 12.4. The Hall–Kier alpha value is -3.16. The number of carboxylic acids is 1. The lowest BCUT2D eigenvalue weighted by molar-refractivity contribution is -0.152. The first kappa shape index (κ1) is 14.8. The molecule has 0 aliphatic carbocycles. The van der Waals surface area contributed by atoms with Crippen molar-refractivity contribution >= 4 is 28.8 Å². The van der Waals surface area contributed by atoms with E-state index in [4.69, 9.17) is 9.47 Å². The Morgan fingerprint density at radius 1 is 1.39 bits per heavy atom. The van der Waals surface area contributed by atoms with Crippen molar-refractivity contribution in [3.63, 3.8) is 0 Å². The van der Waals surface area contributed by atoms with Gasteiger partial charge >= 0.3 is 11.9 Å². The molecular weight excluding hydrogens is 302 g/mol. The predicted molar refractivity (Wildman–Crippen MR) is 78.8 cm³/mol. The van der Waals surface area contributed by atoms with Crippen LogP contribution in [0, 0.1) is 0 Å². The average Bonchev–Trinajstić information content (AvgIpc) is 3.05. The Bertz CT molecular complexity index is 865. The summed E-state index contributed by atoms with van der Waals surface area (Å²) in [6, 6.07) is 1.64. The molecule has 0 radical (unpaired) electrons. The molecule has 1 aliphatic heterocycles. The van der Waals surface area contributed by atoms with Gasteiger partial charge in [0.25, 0.3) is 6.29 Å². The van der Waals surface area contributed by atoms with Gasteiger partial charge in [0.15, 0.2) is 11.3 Å². The monoisotopic (exact) mass is 315 g/mol. The second kappa shape index (κ2) is 5.56. The number of carboxylic acid groups (broad SMARTS) is 1. The van der Waals surface area contributed by atoms with E-state index in [0.717, 1.165) is 6.26 Å². The number of carbonyl (C=O) groups excluding carboxylic acids is 1. The first-order valence-corrected chi connectivity index (χ1v) is 6.74. The zero-order chi connectivity index (χ0) is 16.6. The number of cyclic esters (lactones) is 1. The summed E-state index contributed by atoms with van der Waals surface area (Å²) >= 11 is 0. The number of rotatable bonds is 4. The highest BCUT2D eigenvalue weighted by molar-refractivity contribution is 6.10. The lowest BCUT2D eigenvalue weighted by atomic mass is 10.2. The maximum absolute atomic E-state index is 11.5. The molecule has 1 N–H and O–H groups in total. The normalized spacial score (nSPS) is 18.4. The van der Waals surface area contributed by atoms with Crippen molar-refractivity contribution in [1.29, 1.82) is 0 Å². The van der Waals surface area contributed by atoms with Crippen LogP contribution in [0.1, 0.15) is 13.8 Å². The van der Waals surface area contributed by atoms with Gasteiger partial charge in [0, 0.05) is 29.7 Å². The molecule has 8 nitrogen and oxygen atoms in total. The first-order chi connectivity index (χ1) is 11.0. The molecule has 0 saturated carbocycles. The molecule has 118 valence electrons. The number of carbonyl (C=O) groups is 2. The highest BCUT2D eigenvalue weighted by Gasteiger charge is 2.29. The largest absolute Gasteiger partial charge is 0.476 e. The van der Waals surface area contributed by atoms with E-state index >= 15 is 0 Å². The van der Waals surface area contributed by atoms with Crippen LogP contribution in [0.2, 0.25) is 0 Å². The molecule has 2 aromatic heterocycles. The molecule has 0 saturated heterocycles. The van der Waals surface area contributed by atoms with Crippen LogP contribution in [-0.4, -0.2) is 37.9 Å². The van der Waals surface area contributed by atoms with E-state index in [2.05, 4.69) is 9.97 Å². The minimum Gasteiger partial charge on any atom is -0.476 e. The zero-order valence-electron chi connectivity index (χ0n) is 12.4. The van der Waals surface area contributed by atoms with E-state index in [1.807, 2.05) is 0 Å². The first-order valence-electron chi connectivity index (χ1n) is 6.74. The summed E-state index contributed by atoms with van der Waals surface area (Å²) in [5, 5.41) is 9.41. The van der Waals surface area contributed by atoms with Crippen molar-refractivity contribution in [1.82, 2.24) is 14.5 Å². The van der Waals surface area contributed by atoms with Crippen molar-refractivity contribution in [2.45, 2.75) is 20.1 Å². The minimum absolute atomic E-state index is 0.172. The predicted octanol–water partition coefficient (Wildman–Crippen LogP) is 1.55. The van der Waals surface area contributed by atoms with E-state index in [1.165, 1.54) is 23.2 Å². The summed E-state index contributed by atoms with van der Waals surface area (Å²) in [6.07, 6.45) is 4.62. The van der Waals surface area contributed by atoms with Gasteiger partial charge in [-0.25, -0.2) is 14.6 Å². The van der Waals surface area contributed by atoms with E-state index in [9.17, 15) is 14.7 Å². The summed E-state index contributed by atoms with van der Waals surface area (Å²) in [5.74, 6) is -1.69. The molecule has 2 aromatic rings. The average molecular weight is 315 g/mol. The maximum Gasteiger partial charge on any atom is 0.356 e. The van der Waals surface area contributed by atoms with Gasteiger partial charge in [0.2, 0.25) is 0 Å². The molecule has 23 heavy (non-hydrogen) atoms. The van der Waals surface area contributed by atoms with Crippen molar-refractivity contribution < 1.29 is 24.2 Å². The third-order valence-corrected chi connectivity index (χ3v) is 3.56. The Morgan fingerprint density at radius 3 is 2.78 bits per heavy atom. The fraction of sp³-hybridized carbons (Fsp3) is 0.200. The standard InChI is InChI=1S/C15H13N3O5/c1-8-9(2)15(23-14(8)21)22-7-11(13(19)20)18-6-3-10-12(18)17-5-4-16-10/h3-7,15H,1-2H3,(H,19,20)/b11-7-. The Morgan fingerprint density at radius 2 is 2.13 bits per heavy atom. The van der Waals surface area contributed by atoms with Crippen LogP contribution >= 0.6 is 0 Å². The second-order valence-corrected chi connectivity index (χ2v) is 4.94. The van der Waals surface area contributed by atoms with Crippen molar-refractivity contribution in [3.05, 3.63) is 42.1 Å². The number of hydrogen-bond donors (Lipinski definition) is 1. The Kier molecular flexibility index (Phi) is 3.57. The van der Waals surface area contributed by atoms with E-state index in [-0.39, 0.29) is 5.70 Å². The second-order valence-electron chi connectivity index (χ2n) is 4.94. The number of esters is 1. The lowest BCUT2D eigenvalue weighted by Crippen LogP contribution is -2.15. The third-order valence-electron chi connectivity index (χ3n) is 3.56. The van der Waals surface area contributed by atoms with Crippen LogP contribution in [0.15, 0.2) is 42.1 Å². The van der Waals surface area contributed by atoms with E-state index in [1.54, 1.807) is 19.9 Å². The van der Waals surface area contributed by atoms with Gasteiger partial charge in [-0.05, 0) is 19.9 Å². The molecule has 1 atom stereocenters. The van der Waals surface area contributed by atoms with Crippen LogP contribution in [0.4, 0.5) is 0 Å². The molecule has 1 unspecified atom stereocenters. The summed E-state index contributed by atoms with van der Waals surface area (Å²) in [6.45, 7) is 3.31. The summed E-state index contributed by atoms with van der Waals surface area (Å²) in [5.41, 5.74) is 1.83. The maximum atomic E-state index is 11.5. The van der Waals surface area contributed by atoms with Gasteiger partial charge in [-0.2, -0.15) is 0 Å². The molecule has 0 spiro atoms. The van der Waals surface area contributed by atoms with E-state index in [0.29, 0.717) is 22.3 Å². The fourth-order valence-electron chi connectivity index (χ4n) is 2.13. The molecule has 0 bridgehead atoms. The number of fused-ring (bicyclic) bond motifs is 1. The van der Waals surface area contributed by atoms with Gasteiger partial charge in [0.1, 0.15) is 11.8 Å². The van der Waals surface area contributed by atoms with Crippen LogP contribution in [0.3, 0.4) is 0 Å². The highest BCUT2D eigenvalue weighted by atomic mass is 16.7. The number of aromatic nitrogens is 3. The Balaban J connectivity index is 1.94. The van der Waals surface area contributed by atoms with Gasteiger partial charge < -0.3 is 14.6 Å². The topological polar surface area (TPSA) is 104 Å². The number of hydrogen-bond acceptors (Lipinski definition) is 6. The lowest BCUT2D eigenvalue weighted by Gasteiger charge is -2.12. The molecule has 0 aromatic carbocycles. The van der Waals surface area contributed by atoms with Crippen LogP contribution in [0.5, 0.6) is 0 Å². The summed E-state index contributed by atoms with van der Waals surface area (Å²) in [7, 11) is 0. The van der Waals surface area contributed by atoms with Crippen molar-refractivity contribution in [2.75, 3.05) is 0 Å². The van der Waals surface area contributed by atoms with Crippen LogP contribution in [-0.2, 0) is 19.1 Å². The number of aliphatic carboxylic acids is 1. The van der Waals surface area contributed by atoms with Crippen LogP contribution < -0.4 is 0 Å².